The number of nitrogens with zero attached hydrogens (tertiary/aromatic N) is 1. The van der Waals surface area contributed by atoms with Gasteiger partial charge in [-0.05, 0) is 55.3 Å². The van der Waals surface area contributed by atoms with Crippen LogP contribution in [0, 0.1) is 19.7 Å². The summed E-state index contributed by atoms with van der Waals surface area (Å²) in [7, 11) is 0. The van der Waals surface area contributed by atoms with Gasteiger partial charge in [0.15, 0.2) is 0 Å². The molecule has 25 heavy (non-hydrogen) atoms. The minimum Gasteiger partial charge on any atom is -0.333 e. The number of hydrogen-bond acceptors (Lipinski definition) is 2. The van der Waals surface area contributed by atoms with E-state index in [9.17, 15) is 14.0 Å². The smallest absolute Gasteiger partial charge is 0.319 e. The summed E-state index contributed by atoms with van der Waals surface area (Å²) < 4.78 is 13.3. The third kappa shape index (κ3) is 3.96. The Kier molecular flexibility index (Phi) is 4.70. The van der Waals surface area contributed by atoms with Crippen molar-refractivity contribution in [2.75, 3.05) is 16.8 Å². The fraction of sp³-hybridized carbons (Fsp3) is 0.263. The Morgan fingerprint density at radius 3 is 2.68 bits per heavy atom. The highest BCUT2D eigenvalue weighted by molar-refractivity contribution is 5.97. The molecule has 1 aliphatic heterocycles. The number of hydrogen-bond donors (Lipinski definition) is 2. The van der Waals surface area contributed by atoms with E-state index in [1.165, 1.54) is 17.0 Å². The molecule has 2 aromatic carbocycles. The SMILES string of the molecule is Cc1ccc(NC(=O)N[C@H]2CC(=O)N(c3cccc(F)c3)C2)cc1C. The number of carbonyl (C=O) groups is 2. The number of halogens is 1. The highest BCUT2D eigenvalue weighted by Gasteiger charge is 2.31. The summed E-state index contributed by atoms with van der Waals surface area (Å²) in [6.07, 6.45) is 0.191. The van der Waals surface area contributed by atoms with Gasteiger partial charge in [0.25, 0.3) is 0 Å². The van der Waals surface area contributed by atoms with E-state index >= 15 is 0 Å². The molecule has 2 N–H and O–H groups in total. The van der Waals surface area contributed by atoms with Crippen LogP contribution in [0.5, 0.6) is 0 Å². The summed E-state index contributed by atoms with van der Waals surface area (Å²) in [6, 6.07) is 10.9. The summed E-state index contributed by atoms with van der Waals surface area (Å²) in [5.41, 5.74) is 3.44. The van der Waals surface area contributed by atoms with Gasteiger partial charge < -0.3 is 15.5 Å². The molecule has 6 heteroatoms. The zero-order chi connectivity index (χ0) is 18.0. The van der Waals surface area contributed by atoms with Crippen LogP contribution < -0.4 is 15.5 Å². The van der Waals surface area contributed by atoms with Crippen LogP contribution in [0.2, 0.25) is 0 Å². The highest BCUT2D eigenvalue weighted by Crippen LogP contribution is 2.22. The molecule has 3 amide bonds. The van der Waals surface area contributed by atoms with E-state index < -0.39 is 5.82 Å². The fourth-order valence-corrected chi connectivity index (χ4v) is 2.87. The average molecular weight is 341 g/mol. The number of amides is 3. The summed E-state index contributed by atoms with van der Waals surface area (Å²) in [5, 5.41) is 5.58. The normalized spacial score (nSPS) is 16.8. The third-order valence-electron chi connectivity index (χ3n) is 4.34. The van der Waals surface area contributed by atoms with Crippen molar-refractivity contribution in [2.45, 2.75) is 26.3 Å². The van der Waals surface area contributed by atoms with Crippen LogP contribution in [-0.4, -0.2) is 24.5 Å². The van der Waals surface area contributed by atoms with Crippen LogP contribution in [0.1, 0.15) is 17.5 Å². The van der Waals surface area contributed by atoms with E-state index in [1.807, 2.05) is 32.0 Å². The molecule has 1 heterocycles. The Hall–Kier alpha value is -2.89. The Labute approximate surface area is 145 Å². The van der Waals surface area contributed by atoms with Gasteiger partial charge in [-0.25, -0.2) is 9.18 Å². The molecule has 1 atom stereocenters. The lowest BCUT2D eigenvalue weighted by Gasteiger charge is -2.17. The number of aryl methyl sites for hydroxylation is 2. The molecule has 1 aliphatic rings. The third-order valence-corrected chi connectivity index (χ3v) is 4.34. The van der Waals surface area contributed by atoms with Crippen LogP contribution in [0.25, 0.3) is 0 Å². The second-order valence-electron chi connectivity index (χ2n) is 6.28. The molecule has 0 spiro atoms. The fourth-order valence-electron chi connectivity index (χ4n) is 2.87. The second-order valence-corrected chi connectivity index (χ2v) is 6.28. The highest BCUT2D eigenvalue weighted by atomic mass is 19.1. The molecular weight excluding hydrogens is 321 g/mol. The maximum Gasteiger partial charge on any atom is 0.319 e. The van der Waals surface area contributed by atoms with Crippen molar-refractivity contribution in [2.24, 2.45) is 0 Å². The Morgan fingerprint density at radius 1 is 1.16 bits per heavy atom. The summed E-state index contributed by atoms with van der Waals surface area (Å²) in [5.74, 6) is -0.531. The van der Waals surface area contributed by atoms with Crippen molar-refractivity contribution in [3.05, 3.63) is 59.4 Å². The molecule has 0 radical (unpaired) electrons. The Bertz CT molecular complexity index is 822. The predicted octanol–water partition coefficient (Wildman–Crippen LogP) is 3.37. The topological polar surface area (TPSA) is 61.4 Å². The minimum atomic E-state index is -0.394. The van der Waals surface area contributed by atoms with Crippen LogP contribution in [0.4, 0.5) is 20.6 Å². The standard InChI is InChI=1S/C19H20FN3O2/c1-12-6-7-15(8-13(12)2)21-19(25)22-16-10-18(24)23(11-16)17-5-3-4-14(20)9-17/h3-9,16H,10-11H2,1-2H3,(H2,21,22,25)/t16-/m0/s1. The van der Waals surface area contributed by atoms with Gasteiger partial charge in [0.1, 0.15) is 5.82 Å². The first-order chi connectivity index (χ1) is 11.9. The van der Waals surface area contributed by atoms with Crippen molar-refractivity contribution in [1.29, 1.82) is 0 Å². The molecule has 130 valence electrons. The zero-order valence-electron chi connectivity index (χ0n) is 14.2. The molecule has 0 unspecified atom stereocenters. The van der Waals surface area contributed by atoms with Crippen molar-refractivity contribution in [1.82, 2.24) is 5.32 Å². The molecule has 3 rings (SSSR count). The van der Waals surface area contributed by atoms with Gasteiger partial charge in [-0.3, -0.25) is 4.79 Å². The molecule has 0 aliphatic carbocycles. The molecule has 1 fully saturated rings. The van der Waals surface area contributed by atoms with E-state index in [0.717, 1.165) is 11.1 Å². The molecule has 1 saturated heterocycles. The molecule has 0 bridgehead atoms. The first-order valence-electron chi connectivity index (χ1n) is 8.13. The van der Waals surface area contributed by atoms with E-state index in [2.05, 4.69) is 10.6 Å². The zero-order valence-corrected chi connectivity index (χ0v) is 14.2. The van der Waals surface area contributed by atoms with E-state index in [4.69, 9.17) is 0 Å². The molecule has 0 saturated carbocycles. The Balaban J connectivity index is 1.61. The van der Waals surface area contributed by atoms with E-state index in [-0.39, 0.29) is 24.4 Å². The first-order valence-corrected chi connectivity index (χ1v) is 8.13. The number of anilines is 2. The van der Waals surface area contributed by atoms with Crippen LogP contribution in [0.15, 0.2) is 42.5 Å². The van der Waals surface area contributed by atoms with Crippen LogP contribution >= 0.6 is 0 Å². The maximum absolute atomic E-state index is 13.3. The quantitative estimate of drug-likeness (QED) is 0.899. The van der Waals surface area contributed by atoms with Gasteiger partial charge in [-0.15, -0.1) is 0 Å². The second kappa shape index (κ2) is 6.93. The van der Waals surface area contributed by atoms with Gasteiger partial charge in [0, 0.05) is 24.3 Å². The van der Waals surface area contributed by atoms with Crippen molar-refractivity contribution >= 4 is 23.3 Å². The summed E-state index contributed by atoms with van der Waals surface area (Å²) in [4.78, 5) is 25.8. The molecule has 2 aromatic rings. The van der Waals surface area contributed by atoms with Gasteiger partial charge in [-0.2, -0.15) is 0 Å². The largest absolute Gasteiger partial charge is 0.333 e. The first kappa shape index (κ1) is 17.0. The Morgan fingerprint density at radius 2 is 1.96 bits per heavy atom. The number of benzene rings is 2. The minimum absolute atomic E-state index is 0.137. The molecular formula is C19H20FN3O2. The number of rotatable bonds is 3. The van der Waals surface area contributed by atoms with Crippen molar-refractivity contribution in [3.8, 4) is 0 Å². The van der Waals surface area contributed by atoms with Crippen LogP contribution in [-0.2, 0) is 4.79 Å². The van der Waals surface area contributed by atoms with Crippen LogP contribution in [0.3, 0.4) is 0 Å². The summed E-state index contributed by atoms with van der Waals surface area (Å²) in [6.45, 7) is 4.30. The molecule has 5 nitrogen and oxygen atoms in total. The number of nitrogens with one attached hydrogen (secondary N) is 2. The number of urea groups is 1. The molecule has 0 aromatic heterocycles. The van der Waals surface area contributed by atoms with Gasteiger partial charge in [-0.1, -0.05) is 12.1 Å². The van der Waals surface area contributed by atoms with Gasteiger partial charge in [0.2, 0.25) is 5.91 Å². The lowest BCUT2D eigenvalue weighted by atomic mass is 10.1. The van der Waals surface area contributed by atoms with E-state index in [1.54, 1.807) is 12.1 Å². The maximum atomic E-state index is 13.3. The summed E-state index contributed by atoms with van der Waals surface area (Å²) >= 11 is 0. The monoisotopic (exact) mass is 341 g/mol. The van der Waals surface area contributed by atoms with Gasteiger partial charge >= 0.3 is 6.03 Å². The van der Waals surface area contributed by atoms with Gasteiger partial charge in [0.05, 0.1) is 6.04 Å². The van der Waals surface area contributed by atoms with E-state index in [0.29, 0.717) is 17.9 Å². The predicted molar refractivity (Wildman–Crippen MR) is 95.2 cm³/mol. The van der Waals surface area contributed by atoms with Crippen molar-refractivity contribution < 1.29 is 14.0 Å². The lowest BCUT2D eigenvalue weighted by molar-refractivity contribution is -0.117. The number of carbonyl (C=O) groups excluding carboxylic acids is 2. The lowest BCUT2D eigenvalue weighted by Crippen LogP contribution is -2.39. The average Bonchev–Trinajstić information content (AvgIpc) is 2.91. The van der Waals surface area contributed by atoms with Crippen molar-refractivity contribution in [3.63, 3.8) is 0 Å².